The smallest absolute Gasteiger partial charge is 0.298 e. The molecule has 0 radical (unpaired) electrons. The lowest BCUT2D eigenvalue weighted by Crippen LogP contribution is -2.32. The molecule has 1 aromatic rings. The largest absolute Gasteiger partial charge is 0.347 e. The second-order valence-electron chi connectivity index (χ2n) is 4.88. The van der Waals surface area contributed by atoms with Crippen LogP contribution < -0.4 is 5.69 Å². The third kappa shape index (κ3) is 2.37. The maximum absolute atomic E-state index is 11.7. The summed E-state index contributed by atoms with van der Waals surface area (Å²) in [5.74, 6) is 0. The summed E-state index contributed by atoms with van der Waals surface area (Å²) < 4.78 is 1.77. The van der Waals surface area contributed by atoms with Crippen molar-refractivity contribution >= 4 is 15.9 Å². The van der Waals surface area contributed by atoms with E-state index in [1.165, 1.54) is 25.7 Å². The quantitative estimate of drug-likeness (QED) is 0.800. The van der Waals surface area contributed by atoms with Crippen LogP contribution in [-0.4, -0.2) is 14.9 Å². The predicted molar refractivity (Wildman–Crippen MR) is 67.9 cm³/mol. The summed E-state index contributed by atoms with van der Waals surface area (Å²) in [6, 6.07) is 0. The minimum atomic E-state index is -0.127. The van der Waals surface area contributed by atoms with Crippen molar-refractivity contribution in [3.63, 3.8) is 0 Å². The summed E-state index contributed by atoms with van der Waals surface area (Å²) in [7, 11) is 0. The molecule has 1 heterocycles. The van der Waals surface area contributed by atoms with Gasteiger partial charge in [-0.1, -0.05) is 28.8 Å². The molecule has 0 aliphatic heterocycles. The van der Waals surface area contributed by atoms with Gasteiger partial charge < -0.3 is 0 Å². The Morgan fingerprint density at radius 1 is 1.50 bits per heavy atom. The fourth-order valence-corrected chi connectivity index (χ4v) is 3.24. The van der Waals surface area contributed by atoms with Gasteiger partial charge in [0.15, 0.2) is 0 Å². The number of halogens is 1. The minimum Gasteiger partial charge on any atom is -0.298 e. The molecule has 0 bridgehead atoms. The van der Waals surface area contributed by atoms with E-state index in [0.717, 1.165) is 17.4 Å². The van der Waals surface area contributed by atoms with Gasteiger partial charge in [-0.3, -0.25) is 4.57 Å². The van der Waals surface area contributed by atoms with Crippen LogP contribution in [0.4, 0.5) is 0 Å². The van der Waals surface area contributed by atoms with Gasteiger partial charge >= 0.3 is 5.69 Å². The fourth-order valence-electron chi connectivity index (χ4n) is 2.50. The molecule has 0 atom stereocenters. The summed E-state index contributed by atoms with van der Waals surface area (Å²) >= 11 is 3.60. The first-order chi connectivity index (χ1) is 7.65. The van der Waals surface area contributed by atoms with E-state index in [9.17, 15) is 4.79 Å². The molecule has 0 spiro atoms. The van der Waals surface area contributed by atoms with E-state index in [-0.39, 0.29) is 11.1 Å². The number of nitrogens with zero attached hydrogens (tertiary/aromatic N) is 2. The number of aryl methyl sites for hydroxylation is 1. The molecule has 1 saturated carbocycles. The van der Waals surface area contributed by atoms with E-state index in [2.05, 4.69) is 20.9 Å². The number of aromatic nitrogens is 2. The first-order valence-corrected chi connectivity index (χ1v) is 6.86. The normalized spacial score (nSPS) is 18.9. The molecular weight excluding hydrogens is 268 g/mol. The van der Waals surface area contributed by atoms with E-state index in [1.54, 1.807) is 10.8 Å². The van der Waals surface area contributed by atoms with Crippen LogP contribution in [-0.2, 0) is 6.54 Å². The highest BCUT2D eigenvalue weighted by molar-refractivity contribution is 9.09. The zero-order valence-electron chi connectivity index (χ0n) is 9.58. The predicted octanol–water partition coefficient (Wildman–Crippen LogP) is 2.51. The number of hydrogen-bond donors (Lipinski definition) is 0. The van der Waals surface area contributed by atoms with E-state index < -0.39 is 0 Å². The third-order valence-electron chi connectivity index (χ3n) is 3.44. The average molecular weight is 285 g/mol. The van der Waals surface area contributed by atoms with Crippen LogP contribution in [0.25, 0.3) is 0 Å². The summed E-state index contributed by atoms with van der Waals surface area (Å²) in [6.07, 6.45) is 8.52. The first-order valence-electron chi connectivity index (χ1n) is 5.74. The molecule has 4 heteroatoms. The molecule has 1 aromatic heterocycles. The SMILES string of the molecule is Cc1cnc(=O)n(CC2(CBr)CCCC2)c1. The van der Waals surface area contributed by atoms with Gasteiger partial charge in [0, 0.05) is 24.3 Å². The van der Waals surface area contributed by atoms with Crippen molar-refractivity contribution in [1.82, 2.24) is 9.55 Å². The lowest BCUT2D eigenvalue weighted by Gasteiger charge is -2.27. The lowest BCUT2D eigenvalue weighted by atomic mass is 9.89. The van der Waals surface area contributed by atoms with Crippen molar-refractivity contribution < 1.29 is 0 Å². The molecule has 1 aliphatic carbocycles. The van der Waals surface area contributed by atoms with Crippen molar-refractivity contribution in [2.24, 2.45) is 5.41 Å². The van der Waals surface area contributed by atoms with Gasteiger partial charge in [-0.2, -0.15) is 0 Å². The molecule has 1 aliphatic rings. The number of hydrogen-bond acceptors (Lipinski definition) is 2. The topological polar surface area (TPSA) is 34.9 Å². The Labute approximate surface area is 104 Å². The van der Waals surface area contributed by atoms with Crippen LogP contribution in [0, 0.1) is 12.3 Å². The Kier molecular flexibility index (Phi) is 3.47. The molecule has 3 nitrogen and oxygen atoms in total. The first kappa shape index (κ1) is 11.8. The second kappa shape index (κ2) is 4.70. The Bertz CT molecular complexity index is 421. The molecule has 0 aromatic carbocycles. The second-order valence-corrected chi connectivity index (χ2v) is 5.44. The average Bonchev–Trinajstić information content (AvgIpc) is 2.73. The lowest BCUT2D eigenvalue weighted by molar-refractivity contribution is 0.285. The maximum Gasteiger partial charge on any atom is 0.347 e. The Hall–Kier alpha value is -0.640. The standard InChI is InChI=1S/C12H17BrN2O/c1-10-6-14-11(16)15(7-10)9-12(8-13)4-2-3-5-12/h6-7H,2-5,8-9H2,1H3. The summed E-state index contributed by atoms with van der Waals surface area (Å²) in [4.78, 5) is 15.5. The van der Waals surface area contributed by atoms with Crippen molar-refractivity contribution in [2.75, 3.05) is 5.33 Å². The number of alkyl halides is 1. The van der Waals surface area contributed by atoms with Crippen molar-refractivity contribution in [2.45, 2.75) is 39.2 Å². The fraction of sp³-hybridized carbons (Fsp3) is 0.667. The van der Waals surface area contributed by atoms with Gasteiger partial charge in [-0.15, -0.1) is 0 Å². The van der Waals surface area contributed by atoms with E-state index >= 15 is 0 Å². The van der Waals surface area contributed by atoms with Crippen molar-refractivity contribution in [1.29, 1.82) is 0 Å². The van der Waals surface area contributed by atoms with Gasteiger partial charge in [-0.25, -0.2) is 9.78 Å². The van der Waals surface area contributed by atoms with Crippen LogP contribution >= 0.6 is 15.9 Å². The maximum atomic E-state index is 11.7. The van der Waals surface area contributed by atoms with E-state index in [1.807, 2.05) is 13.1 Å². The van der Waals surface area contributed by atoms with E-state index in [0.29, 0.717) is 0 Å². The molecule has 0 amide bonds. The summed E-state index contributed by atoms with van der Waals surface area (Å²) in [5.41, 5.74) is 1.18. The van der Waals surface area contributed by atoms with Gasteiger partial charge in [0.2, 0.25) is 0 Å². The van der Waals surface area contributed by atoms with Gasteiger partial charge in [0.25, 0.3) is 0 Å². The Morgan fingerprint density at radius 3 is 2.81 bits per heavy atom. The van der Waals surface area contributed by atoms with E-state index in [4.69, 9.17) is 0 Å². The number of rotatable bonds is 3. The Balaban J connectivity index is 2.25. The molecule has 0 saturated heterocycles. The highest BCUT2D eigenvalue weighted by Crippen LogP contribution is 2.40. The van der Waals surface area contributed by atoms with Gasteiger partial charge in [-0.05, 0) is 30.7 Å². The molecule has 88 valence electrons. The molecule has 0 unspecified atom stereocenters. The summed E-state index contributed by atoms with van der Waals surface area (Å²) in [5, 5.41) is 0.973. The van der Waals surface area contributed by atoms with Crippen molar-refractivity contribution in [3.05, 3.63) is 28.4 Å². The molecule has 16 heavy (non-hydrogen) atoms. The van der Waals surface area contributed by atoms with Crippen LogP contribution in [0.2, 0.25) is 0 Å². The molecular formula is C12H17BrN2O. The van der Waals surface area contributed by atoms with Gasteiger partial charge in [0.1, 0.15) is 0 Å². The Morgan fingerprint density at radius 2 is 2.19 bits per heavy atom. The van der Waals surface area contributed by atoms with Crippen LogP contribution in [0.1, 0.15) is 31.2 Å². The highest BCUT2D eigenvalue weighted by atomic mass is 79.9. The monoisotopic (exact) mass is 284 g/mol. The van der Waals surface area contributed by atoms with Crippen molar-refractivity contribution in [3.8, 4) is 0 Å². The zero-order valence-corrected chi connectivity index (χ0v) is 11.2. The van der Waals surface area contributed by atoms with Crippen LogP contribution in [0.5, 0.6) is 0 Å². The highest BCUT2D eigenvalue weighted by Gasteiger charge is 2.33. The third-order valence-corrected chi connectivity index (χ3v) is 4.63. The molecule has 2 rings (SSSR count). The van der Waals surface area contributed by atoms with Crippen LogP contribution in [0.15, 0.2) is 17.2 Å². The van der Waals surface area contributed by atoms with Gasteiger partial charge in [0.05, 0.1) is 0 Å². The molecule has 0 N–H and O–H groups in total. The molecule has 1 fully saturated rings. The zero-order chi connectivity index (χ0) is 11.6. The van der Waals surface area contributed by atoms with Crippen LogP contribution in [0.3, 0.4) is 0 Å². The minimum absolute atomic E-state index is 0.127. The summed E-state index contributed by atoms with van der Waals surface area (Å²) in [6.45, 7) is 2.77.